The van der Waals surface area contributed by atoms with Crippen LogP contribution in [0.4, 0.5) is 0 Å². The Kier molecular flexibility index (Phi) is 4.04. The first-order chi connectivity index (χ1) is 6.62. The van der Waals surface area contributed by atoms with Crippen LogP contribution < -0.4 is 5.73 Å². The molecule has 0 aliphatic carbocycles. The molecule has 1 rings (SSSR count). The van der Waals surface area contributed by atoms with Crippen molar-refractivity contribution in [1.82, 2.24) is 4.98 Å². The van der Waals surface area contributed by atoms with Crippen LogP contribution in [0.5, 0.6) is 0 Å². The molecule has 0 bridgehead atoms. The predicted molar refractivity (Wildman–Crippen MR) is 59.5 cm³/mol. The average molecular weight is 214 g/mol. The molecular formula is C10H18N2OS. The number of nitrogens with zero attached hydrogens (tertiary/aromatic N) is 1. The van der Waals surface area contributed by atoms with Crippen molar-refractivity contribution in [3.8, 4) is 0 Å². The van der Waals surface area contributed by atoms with Gasteiger partial charge < -0.3 is 10.5 Å². The van der Waals surface area contributed by atoms with Crippen LogP contribution in [0.25, 0.3) is 0 Å². The van der Waals surface area contributed by atoms with E-state index in [1.807, 2.05) is 18.5 Å². The Balaban J connectivity index is 2.60. The highest BCUT2D eigenvalue weighted by Crippen LogP contribution is 2.21. The van der Waals surface area contributed by atoms with Crippen LogP contribution in [0.15, 0.2) is 11.6 Å². The Morgan fingerprint density at radius 1 is 1.71 bits per heavy atom. The third-order valence-electron chi connectivity index (χ3n) is 2.83. The molecule has 0 fully saturated rings. The fraction of sp³-hybridized carbons (Fsp3) is 0.700. The summed E-state index contributed by atoms with van der Waals surface area (Å²) >= 11 is 1.64. The molecule has 0 radical (unpaired) electrons. The van der Waals surface area contributed by atoms with Crippen molar-refractivity contribution in [1.29, 1.82) is 0 Å². The summed E-state index contributed by atoms with van der Waals surface area (Å²) in [5, 5.41) is 3.05. The summed E-state index contributed by atoms with van der Waals surface area (Å²) in [6.07, 6.45) is 3.51. The summed E-state index contributed by atoms with van der Waals surface area (Å²) in [5.74, 6) is 0. The van der Waals surface area contributed by atoms with E-state index in [9.17, 15) is 0 Å². The summed E-state index contributed by atoms with van der Waals surface area (Å²) in [4.78, 5) is 4.22. The van der Waals surface area contributed by atoms with Gasteiger partial charge in [0, 0.05) is 31.1 Å². The van der Waals surface area contributed by atoms with Crippen molar-refractivity contribution in [2.24, 2.45) is 5.73 Å². The molecule has 14 heavy (non-hydrogen) atoms. The molecule has 0 aliphatic rings. The van der Waals surface area contributed by atoms with Gasteiger partial charge >= 0.3 is 0 Å². The van der Waals surface area contributed by atoms with Gasteiger partial charge in [0.1, 0.15) is 0 Å². The van der Waals surface area contributed by atoms with Gasteiger partial charge in [-0.1, -0.05) is 6.92 Å². The zero-order valence-corrected chi connectivity index (χ0v) is 9.80. The zero-order valence-electron chi connectivity index (χ0n) is 8.99. The molecule has 0 saturated carbocycles. The third-order valence-corrected chi connectivity index (χ3v) is 3.63. The molecule has 0 spiro atoms. The van der Waals surface area contributed by atoms with E-state index in [2.05, 4.69) is 11.9 Å². The largest absolute Gasteiger partial charge is 0.377 e. The van der Waals surface area contributed by atoms with Crippen molar-refractivity contribution in [3.05, 3.63) is 16.6 Å². The minimum absolute atomic E-state index is 0.00338. The van der Waals surface area contributed by atoms with E-state index in [-0.39, 0.29) is 11.6 Å². The molecule has 1 aromatic heterocycles. The summed E-state index contributed by atoms with van der Waals surface area (Å²) in [7, 11) is 1.71. The maximum atomic E-state index is 6.11. The fourth-order valence-electron chi connectivity index (χ4n) is 1.32. The van der Waals surface area contributed by atoms with Gasteiger partial charge in [-0.05, 0) is 13.3 Å². The molecule has 0 aromatic carbocycles. The van der Waals surface area contributed by atoms with Crippen LogP contribution in [-0.2, 0) is 11.2 Å². The van der Waals surface area contributed by atoms with Crippen molar-refractivity contribution in [2.75, 3.05) is 7.11 Å². The lowest BCUT2D eigenvalue weighted by atomic mass is 9.92. The van der Waals surface area contributed by atoms with E-state index in [1.165, 1.54) is 0 Å². The van der Waals surface area contributed by atoms with Crippen molar-refractivity contribution >= 4 is 11.3 Å². The van der Waals surface area contributed by atoms with Crippen LogP contribution in [0.2, 0.25) is 0 Å². The summed E-state index contributed by atoms with van der Waals surface area (Å²) in [6, 6.07) is 0.00338. The van der Waals surface area contributed by atoms with Gasteiger partial charge in [-0.2, -0.15) is 0 Å². The number of ether oxygens (including phenoxy) is 1. The lowest BCUT2D eigenvalue weighted by molar-refractivity contribution is -0.0184. The molecule has 4 heteroatoms. The number of nitrogens with two attached hydrogens (primary N) is 1. The van der Waals surface area contributed by atoms with E-state index in [0.29, 0.717) is 0 Å². The number of rotatable bonds is 5. The van der Waals surface area contributed by atoms with Gasteiger partial charge in [-0.25, -0.2) is 4.98 Å². The minimum atomic E-state index is -0.244. The predicted octanol–water partition coefficient (Wildman–Crippen LogP) is 1.83. The topological polar surface area (TPSA) is 48.1 Å². The van der Waals surface area contributed by atoms with Crippen LogP contribution in [0.3, 0.4) is 0 Å². The van der Waals surface area contributed by atoms with E-state index < -0.39 is 0 Å². The second-order valence-corrected chi connectivity index (χ2v) is 4.59. The molecule has 2 atom stereocenters. The fourth-order valence-corrected chi connectivity index (χ4v) is 1.99. The Bertz CT molecular complexity index is 257. The Morgan fingerprint density at radius 2 is 2.43 bits per heavy atom. The van der Waals surface area contributed by atoms with Crippen molar-refractivity contribution < 1.29 is 4.74 Å². The van der Waals surface area contributed by atoms with E-state index in [1.54, 1.807) is 18.4 Å². The van der Waals surface area contributed by atoms with Gasteiger partial charge in [0.05, 0.1) is 10.6 Å². The Morgan fingerprint density at radius 3 is 2.86 bits per heavy atom. The van der Waals surface area contributed by atoms with Crippen molar-refractivity contribution in [3.63, 3.8) is 0 Å². The monoisotopic (exact) mass is 214 g/mol. The maximum absolute atomic E-state index is 6.11. The van der Waals surface area contributed by atoms with E-state index in [4.69, 9.17) is 10.5 Å². The minimum Gasteiger partial charge on any atom is -0.377 e. The molecular weight excluding hydrogens is 196 g/mol. The van der Waals surface area contributed by atoms with E-state index in [0.717, 1.165) is 17.8 Å². The van der Waals surface area contributed by atoms with Crippen molar-refractivity contribution in [2.45, 2.75) is 38.3 Å². The maximum Gasteiger partial charge on any atom is 0.0941 e. The third kappa shape index (κ3) is 2.53. The molecule has 0 saturated heterocycles. The summed E-state index contributed by atoms with van der Waals surface area (Å²) in [5.41, 5.74) is 5.86. The molecule has 80 valence electrons. The van der Waals surface area contributed by atoms with E-state index >= 15 is 0 Å². The number of hydrogen-bond donors (Lipinski definition) is 1. The van der Waals surface area contributed by atoms with Gasteiger partial charge in [-0.3, -0.25) is 0 Å². The number of thiazole rings is 1. The molecule has 0 amide bonds. The first-order valence-electron chi connectivity index (χ1n) is 4.81. The SMILES string of the molecule is CCC(C)(OC)C(N)Cc1nccs1. The number of hydrogen-bond acceptors (Lipinski definition) is 4. The normalized spacial score (nSPS) is 17.7. The highest BCUT2D eigenvalue weighted by atomic mass is 32.1. The Hall–Kier alpha value is -0.450. The van der Waals surface area contributed by atoms with Crippen LogP contribution in [0.1, 0.15) is 25.3 Å². The lowest BCUT2D eigenvalue weighted by Gasteiger charge is -2.32. The highest BCUT2D eigenvalue weighted by Gasteiger charge is 2.30. The standard InChI is InChI=1S/C10H18N2OS/c1-4-10(2,13-3)8(11)7-9-12-5-6-14-9/h5-6,8H,4,7,11H2,1-3H3. The average Bonchev–Trinajstić information content (AvgIpc) is 2.69. The van der Waals surface area contributed by atoms with Gasteiger partial charge in [0.25, 0.3) is 0 Å². The summed E-state index contributed by atoms with van der Waals surface area (Å²) in [6.45, 7) is 4.14. The molecule has 2 N–H and O–H groups in total. The molecule has 1 heterocycles. The second-order valence-electron chi connectivity index (χ2n) is 3.61. The zero-order chi connectivity index (χ0) is 10.6. The molecule has 1 aromatic rings. The van der Waals surface area contributed by atoms with Gasteiger partial charge in [0.2, 0.25) is 0 Å². The molecule has 3 nitrogen and oxygen atoms in total. The van der Waals surface area contributed by atoms with Crippen LogP contribution in [0, 0.1) is 0 Å². The van der Waals surface area contributed by atoms with Crippen LogP contribution >= 0.6 is 11.3 Å². The highest BCUT2D eigenvalue weighted by molar-refractivity contribution is 7.09. The quantitative estimate of drug-likeness (QED) is 0.813. The second kappa shape index (κ2) is 4.87. The first kappa shape index (κ1) is 11.6. The number of methoxy groups -OCH3 is 1. The van der Waals surface area contributed by atoms with Gasteiger partial charge in [0.15, 0.2) is 0 Å². The lowest BCUT2D eigenvalue weighted by Crippen LogP contribution is -2.48. The molecule has 2 unspecified atom stereocenters. The van der Waals surface area contributed by atoms with Gasteiger partial charge in [-0.15, -0.1) is 11.3 Å². The Labute approximate surface area is 89.3 Å². The first-order valence-corrected chi connectivity index (χ1v) is 5.69. The smallest absolute Gasteiger partial charge is 0.0941 e. The van der Waals surface area contributed by atoms with Crippen LogP contribution in [-0.4, -0.2) is 23.7 Å². The number of aromatic nitrogens is 1. The molecule has 0 aliphatic heterocycles. The summed E-state index contributed by atoms with van der Waals surface area (Å²) < 4.78 is 5.45.